The van der Waals surface area contributed by atoms with Gasteiger partial charge in [-0.3, -0.25) is 9.59 Å². The number of hydrogen-bond acceptors (Lipinski definition) is 4. The van der Waals surface area contributed by atoms with Crippen LogP contribution < -0.4 is 10.2 Å². The number of fused-ring (bicyclic) bond motifs is 2. The van der Waals surface area contributed by atoms with Crippen LogP contribution in [0.15, 0.2) is 96.0 Å². The molecular formula is C32H30F2N4O2. The van der Waals surface area contributed by atoms with Gasteiger partial charge in [0.25, 0.3) is 5.91 Å². The smallest absolute Gasteiger partial charge is 0.251 e. The molecule has 1 heterocycles. The first-order valence-electron chi connectivity index (χ1n) is 13.1. The lowest BCUT2D eigenvalue weighted by Gasteiger charge is -2.34. The van der Waals surface area contributed by atoms with Crippen molar-refractivity contribution in [2.24, 2.45) is 10.9 Å². The normalized spacial score (nSPS) is 17.6. The molecule has 0 bridgehead atoms. The first-order chi connectivity index (χ1) is 19.3. The molecule has 1 N–H and O–H groups in total. The maximum atomic E-state index is 13.8. The number of carbonyl (C=O) groups is 2. The van der Waals surface area contributed by atoms with E-state index < -0.39 is 0 Å². The van der Waals surface area contributed by atoms with Gasteiger partial charge in [0, 0.05) is 31.0 Å². The summed E-state index contributed by atoms with van der Waals surface area (Å²) in [5.74, 6) is -1.35. The van der Waals surface area contributed by atoms with Crippen molar-refractivity contribution in [3.8, 4) is 0 Å². The molecule has 0 aromatic heterocycles. The zero-order valence-corrected chi connectivity index (χ0v) is 22.4. The zero-order valence-electron chi connectivity index (χ0n) is 22.4. The first kappa shape index (κ1) is 27.1. The summed E-state index contributed by atoms with van der Waals surface area (Å²) in [5.41, 5.74) is 3.63. The second kappa shape index (κ2) is 11.8. The number of allylic oxidation sites excluding steroid dienone is 2. The largest absolute Gasteiger partial charge is 0.348 e. The van der Waals surface area contributed by atoms with Crippen molar-refractivity contribution < 1.29 is 18.4 Å². The lowest BCUT2D eigenvalue weighted by molar-refractivity contribution is -0.119. The molecule has 0 saturated carbocycles. The van der Waals surface area contributed by atoms with E-state index in [9.17, 15) is 18.4 Å². The predicted octanol–water partition coefficient (Wildman–Crippen LogP) is 5.42. The third-order valence-corrected chi connectivity index (χ3v) is 7.01. The summed E-state index contributed by atoms with van der Waals surface area (Å²) in [6, 6.07) is 16.8. The van der Waals surface area contributed by atoms with Crippen LogP contribution in [0.25, 0.3) is 0 Å². The Morgan fingerprint density at radius 3 is 2.30 bits per heavy atom. The summed E-state index contributed by atoms with van der Waals surface area (Å²) >= 11 is 0. The molecule has 0 radical (unpaired) electrons. The maximum Gasteiger partial charge on any atom is 0.251 e. The van der Waals surface area contributed by atoms with Gasteiger partial charge >= 0.3 is 0 Å². The molecule has 0 spiro atoms. The van der Waals surface area contributed by atoms with Gasteiger partial charge in [-0.05, 0) is 67.7 Å². The highest BCUT2D eigenvalue weighted by molar-refractivity contribution is 6.10. The van der Waals surface area contributed by atoms with Crippen molar-refractivity contribution in [3.05, 3.63) is 119 Å². The molecule has 3 aromatic carbocycles. The fourth-order valence-electron chi connectivity index (χ4n) is 4.92. The highest BCUT2D eigenvalue weighted by Gasteiger charge is 2.37. The van der Waals surface area contributed by atoms with E-state index in [0.717, 1.165) is 11.1 Å². The molecule has 204 valence electrons. The van der Waals surface area contributed by atoms with Crippen molar-refractivity contribution in [2.75, 3.05) is 25.5 Å². The van der Waals surface area contributed by atoms with Crippen LogP contribution in [0.2, 0.25) is 0 Å². The minimum atomic E-state index is -0.352. The molecule has 2 amide bonds. The fourth-order valence-corrected chi connectivity index (χ4v) is 4.92. The number of anilines is 1. The fraction of sp³-hybridized carbons (Fsp3) is 0.219. The van der Waals surface area contributed by atoms with Crippen LogP contribution in [-0.4, -0.2) is 49.1 Å². The number of carbonyl (C=O) groups excluding carboxylic acids is 2. The minimum Gasteiger partial charge on any atom is -0.348 e. The average molecular weight is 541 g/mol. The van der Waals surface area contributed by atoms with Crippen LogP contribution in [0.1, 0.15) is 27.9 Å². The number of hydrogen-bond donors (Lipinski definition) is 1. The first-order valence-corrected chi connectivity index (χ1v) is 13.1. The molecule has 2 unspecified atom stereocenters. The molecular weight excluding hydrogens is 510 g/mol. The average Bonchev–Trinajstić information content (AvgIpc) is 3.10. The molecule has 40 heavy (non-hydrogen) atoms. The van der Waals surface area contributed by atoms with Gasteiger partial charge in [0.05, 0.1) is 23.1 Å². The Morgan fingerprint density at radius 1 is 0.925 bits per heavy atom. The standard InChI is InChI=1S/C32H30F2N4O2/c1-37(2)18-17-30(39)38-28-6-4-3-5-26(28)31(22-9-14-25(34)15-10-22)36-27-19-23(11-16-29(27)38)32(40)35-20-21-7-12-24(33)13-8-21/h3-16,19,26,28H,17-18,20H2,1-2H3,(H,35,40). The molecule has 2 atom stereocenters. The van der Waals surface area contributed by atoms with E-state index >= 15 is 0 Å². The van der Waals surface area contributed by atoms with Gasteiger partial charge in [0.15, 0.2) is 0 Å². The molecule has 0 fully saturated rings. The van der Waals surface area contributed by atoms with Gasteiger partial charge in [-0.2, -0.15) is 0 Å². The van der Waals surface area contributed by atoms with Crippen molar-refractivity contribution in [3.63, 3.8) is 0 Å². The minimum absolute atomic E-state index is 0.0611. The van der Waals surface area contributed by atoms with Crippen LogP contribution in [0.5, 0.6) is 0 Å². The van der Waals surface area contributed by atoms with Crippen LogP contribution in [0.4, 0.5) is 20.2 Å². The van der Waals surface area contributed by atoms with Crippen LogP contribution in [-0.2, 0) is 11.3 Å². The van der Waals surface area contributed by atoms with E-state index in [0.29, 0.717) is 35.6 Å². The third kappa shape index (κ3) is 5.92. The quantitative estimate of drug-likeness (QED) is 0.435. The lowest BCUT2D eigenvalue weighted by atomic mass is 9.86. The topological polar surface area (TPSA) is 65.0 Å². The molecule has 1 aliphatic heterocycles. The van der Waals surface area contributed by atoms with Gasteiger partial charge in [-0.1, -0.05) is 48.6 Å². The van der Waals surface area contributed by atoms with Gasteiger partial charge in [0.1, 0.15) is 11.6 Å². The van der Waals surface area contributed by atoms with Crippen molar-refractivity contribution in [2.45, 2.75) is 19.0 Å². The maximum absolute atomic E-state index is 13.8. The molecule has 3 aromatic rings. The molecule has 5 rings (SSSR count). The number of aliphatic imine (C=N–C) groups is 1. The Hall–Kier alpha value is -4.43. The van der Waals surface area contributed by atoms with Crippen molar-refractivity contribution >= 4 is 28.9 Å². The number of nitrogens with one attached hydrogen (secondary N) is 1. The van der Waals surface area contributed by atoms with Gasteiger partial charge in [0.2, 0.25) is 5.91 Å². The second-order valence-corrected chi connectivity index (χ2v) is 10.1. The monoisotopic (exact) mass is 540 g/mol. The van der Waals surface area contributed by atoms with Gasteiger partial charge in [-0.25, -0.2) is 13.8 Å². The Kier molecular flexibility index (Phi) is 7.98. The molecule has 6 nitrogen and oxygen atoms in total. The molecule has 2 aliphatic rings. The number of halogens is 2. The Bertz CT molecular complexity index is 1490. The second-order valence-electron chi connectivity index (χ2n) is 10.1. The molecule has 8 heteroatoms. The van der Waals surface area contributed by atoms with E-state index in [1.165, 1.54) is 24.3 Å². The Morgan fingerprint density at radius 2 is 1.60 bits per heavy atom. The van der Waals surface area contributed by atoms with Crippen molar-refractivity contribution in [1.29, 1.82) is 0 Å². The lowest BCUT2D eigenvalue weighted by Crippen LogP contribution is -2.46. The Labute approximate surface area is 232 Å². The summed E-state index contributed by atoms with van der Waals surface area (Å²) in [6.07, 6.45) is 8.13. The summed E-state index contributed by atoms with van der Waals surface area (Å²) in [6.45, 7) is 0.812. The molecule has 1 aliphatic carbocycles. The Balaban J connectivity index is 1.55. The molecule has 0 saturated heterocycles. The number of rotatable bonds is 7. The van der Waals surface area contributed by atoms with Crippen LogP contribution >= 0.6 is 0 Å². The predicted molar refractivity (Wildman–Crippen MR) is 153 cm³/mol. The number of benzene rings is 3. The van der Waals surface area contributed by atoms with Crippen molar-refractivity contribution in [1.82, 2.24) is 10.2 Å². The van der Waals surface area contributed by atoms with Gasteiger partial charge in [-0.15, -0.1) is 0 Å². The van der Waals surface area contributed by atoms with E-state index in [1.54, 1.807) is 47.4 Å². The summed E-state index contributed by atoms with van der Waals surface area (Å²) in [7, 11) is 3.84. The number of nitrogens with zero attached hydrogens (tertiary/aromatic N) is 3. The number of amides is 2. The van der Waals surface area contributed by atoms with E-state index in [2.05, 4.69) is 5.32 Å². The summed E-state index contributed by atoms with van der Waals surface area (Å²) in [5, 5.41) is 2.86. The van der Waals surface area contributed by atoms with Gasteiger partial charge < -0.3 is 15.1 Å². The van der Waals surface area contributed by atoms with Crippen LogP contribution in [0.3, 0.4) is 0 Å². The SMILES string of the molecule is CN(C)CCC(=O)N1c2ccc(C(=O)NCc3ccc(F)cc3)cc2N=C(c2ccc(F)cc2)C2C=CC=CC21. The van der Waals surface area contributed by atoms with E-state index in [-0.39, 0.29) is 42.0 Å². The van der Waals surface area contributed by atoms with E-state index in [1.807, 2.05) is 43.3 Å². The summed E-state index contributed by atoms with van der Waals surface area (Å²) in [4.78, 5) is 35.5. The third-order valence-electron chi connectivity index (χ3n) is 7.01. The zero-order chi connectivity index (χ0) is 28.2. The van der Waals surface area contributed by atoms with Crippen LogP contribution in [0, 0.1) is 17.6 Å². The highest BCUT2D eigenvalue weighted by Crippen LogP contribution is 2.40. The van der Waals surface area contributed by atoms with E-state index in [4.69, 9.17) is 4.99 Å². The summed E-state index contributed by atoms with van der Waals surface area (Å²) < 4.78 is 27.0. The highest BCUT2D eigenvalue weighted by atomic mass is 19.1.